The summed E-state index contributed by atoms with van der Waals surface area (Å²) in [6, 6.07) is 4.33. The molecule has 5 heteroatoms. The summed E-state index contributed by atoms with van der Waals surface area (Å²) in [6.45, 7) is 2.14. The molecule has 1 fully saturated rings. The minimum atomic E-state index is -0.745. The number of likely N-dealkylation sites (N-methyl/N-ethyl adjacent to an activating group) is 1. The Labute approximate surface area is 112 Å². The fourth-order valence-electron chi connectivity index (χ4n) is 2.49. The Morgan fingerprint density at radius 3 is 3.17 bits per heavy atom. The van der Waals surface area contributed by atoms with E-state index in [1.165, 1.54) is 6.42 Å². The predicted molar refractivity (Wildman–Crippen MR) is 73.0 cm³/mol. The van der Waals surface area contributed by atoms with Gasteiger partial charge in [-0.2, -0.15) is 0 Å². The van der Waals surface area contributed by atoms with Gasteiger partial charge in [-0.25, -0.2) is 0 Å². The maximum atomic E-state index is 11.0. The van der Waals surface area contributed by atoms with E-state index >= 15 is 0 Å². The van der Waals surface area contributed by atoms with E-state index in [1.807, 2.05) is 17.5 Å². The van der Waals surface area contributed by atoms with Crippen LogP contribution in [-0.4, -0.2) is 42.2 Å². The Morgan fingerprint density at radius 1 is 1.72 bits per heavy atom. The second-order valence-corrected chi connectivity index (χ2v) is 5.91. The Morgan fingerprint density at radius 2 is 2.56 bits per heavy atom. The number of nitrogens with zero attached hydrogens (tertiary/aromatic N) is 1. The number of carboxylic acid groups (broad SMARTS) is 1. The molecule has 0 bridgehead atoms. The lowest BCUT2D eigenvalue weighted by molar-refractivity contribution is -0.137. The molecule has 1 aromatic heterocycles. The highest BCUT2D eigenvalue weighted by atomic mass is 32.1. The molecule has 0 saturated carbocycles. The smallest absolute Gasteiger partial charge is 0.305 e. The van der Waals surface area contributed by atoms with Crippen LogP contribution in [0.3, 0.4) is 0 Å². The maximum Gasteiger partial charge on any atom is 0.305 e. The third-order valence-corrected chi connectivity index (χ3v) is 4.31. The van der Waals surface area contributed by atoms with Crippen LogP contribution in [0.5, 0.6) is 0 Å². The van der Waals surface area contributed by atoms with Crippen LogP contribution in [0.2, 0.25) is 0 Å². The number of hydrogen-bond acceptors (Lipinski definition) is 4. The fraction of sp³-hybridized carbons (Fsp3) is 0.615. The van der Waals surface area contributed by atoms with Crippen molar-refractivity contribution in [3.63, 3.8) is 0 Å². The number of aliphatic carboxylic acids is 1. The monoisotopic (exact) mass is 268 g/mol. The molecule has 18 heavy (non-hydrogen) atoms. The number of nitrogens with one attached hydrogen (secondary N) is 1. The van der Waals surface area contributed by atoms with Gasteiger partial charge >= 0.3 is 5.97 Å². The lowest BCUT2D eigenvalue weighted by atomic mass is 10.0. The van der Waals surface area contributed by atoms with Gasteiger partial charge in [0.1, 0.15) is 0 Å². The van der Waals surface area contributed by atoms with Crippen molar-refractivity contribution in [2.24, 2.45) is 0 Å². The second-order valence-electron chi connectivity index (χ2n) is 4.93. The van der Waals surface area contributed by atoms with E-state index in [0.29, 0.717) is 6.04 Å². The van der Waals surface area contributed by atoms with Crippen molar-refractivity contribution in [1.29, 1.82) is 0 Å². The lowest BCUT2D eigenvalue weighted by Gasteiger charge is -2.32. The van der Waals surface area contributed by atoms with Gasteiger partial charge in [0, 0.05) is 17.5 Å². The van der Waals surface area contributed by atoms with E-state index in [-0.39, 0.29) is 12.5 Å². The quantitative estimate of drug-likeness (QED) is 0.857. The van der Waals surface area contributed by atoms with Crippen LogP contribution in [0.4, 0.5) is 0 Å². The molecule has 0 spiro atoms. The van der Waals surface area contributed by atoms with Crippen LogP contribution in [0.15, 0.2) is 17.5 Å². The zero-order valence-corrected chi connectivity index (χ0v) is 11.4. The first-order valence-electron chi connectivity index (χ1n) is 6.35. The first-order valence-corrected chi connectivity index (χ1v) is 7.23. The highest BCUT2D eigenvalue weighted by Gasteiger charge is 2.23. The van der Waals surface area contributed by atoms with Gasteiger partial charge in [0.25, 0.3) is 0 Å². The average Bonchev–Trinajstić information content (AvgIpc) is 2.80. The molecule has 2 N–H and O–H groups in total. The van der Waals surface area contributed by atoms with Gasteiger partial charge in [0.2, 0.25) is 0 Å². The number of rotatable bonds is 5. The summed E-state index contributed by atoms with van der Waals surface area (Å²) < 4.78 is 0. The van der Waals surface area contributed by atoms with Crippen molar-refractivity contribution in [1.82, 2.24) is 10.2 Å². The van der Waals surface area contributed by atoms with Crippen LogP contribution in [0.1, 0.15) is 30.2 Å². The summed E-state index contributed by atoms with van der Waals surface area (Å²) in [7, 11) is 2.12. The van der Waals surface area contributed by atoms with Crippen LogP contribution in [0.25, 0.3) is 0 Å². The average molecular weight is 268 g/mol. The standard InChI is InChI=1S/C13H20N2O2S/c1-15-6-2-4-10(9-15)14-11(8-13(16)17)12-5-3-7-18-12/h3,5,7,10-11,14H,2,4,6,8-9H2,1H3,(H,16,17). The molecular formula is C13H20N2O2S. The van der Waals surface area contributed by atoms with Crippen LogP contribution < -0.4 is 5.32 Å². The third-order valence-electron chi connectivity index (χ3n) is 3.33. The van der Waals surface area contributed by atoms with E-state index in [0.717, 1.165) is 24.4 Å². The highest BCUT2D eigenvalue weighted by molar-refractivity contribution is 7.10. The van der Waals surface area contributed by atoms with Crippen molar-refractivity contribution in [3.05, 3.63) is 22.4 Å². The summed E-state index contributed by atoms with van der Waals surface area (Å²) >= 11 is 1.62. The largest absolute Gasteiger partial charge is 0.481 e. The molecule has 2 rings (SSSR count). The molecule has 0 aliphatic carbocycles. The van der Waals surface area contributed by atoms with Crippen LogP contribution >= 0.6 is 11.3 Å². The molecule has 0 amide bonds. The molecule has 0 aromatic carbocycles. The van der Waals surface area contributed by atoms with Gasteiger partial charge in [-0.1, -0.05) is 6.07 Å². The van der Waals surface area contributed by atoms with Crippen molar-refractivity contribution in [3.8, 4) is 0 Å². The topological polar surface area (TPSA) is 52.6 Å². The van der Waals surface area contributed by atoms with Gasteiger partial charge in [0.05, 0.1) is 12.5 Å². The minimum absolute atomic E-state index is 0.0565. The van der Waals surface area contributed by atoms with E-state index in [2.05, 4.69) is 17.3 Å². The zero-order chi connectivity index (χ0) is 13.0. The Bertz CT molecular complexity index is 380. The molecule has 1 aromatic rings. The van der Waals surface area contributed by atoms with Crippen molar-refractivity contribution in [2.45, 2.75) is 31.3 Å². The SMILES string of the molecule is CN1CCCC(NC(CC(=O)O)c2cccs2)C1. The molecule has 2 heterocycles. The number of hydrogen-bond donors (Lipinski definition) is 2. The number of likely N-dealkylation sites (tertiary alicyclic amines) is 1. The van der Waals surface area contributed by atoms with Crippen molar-refractivity contribution in [2.75, 3.05) is 20.1 Å². The number of carbonyl (C=O) groups is 1. The van der Waals surface area contributed by atoms with Crippen molar-refractivity contribution >= 4 is 17.3 Å². The summed E-state index contributed by atoms with van der Waals surface area (Å²) in [5.41, 5.74) is 0. The van der Waals surface area contributed by atoms with E-state index in [4.69, 9.17) is 5.11 Å². The molecule has 1 aliphatic heterocycles. The maximum absolute atomic E-state index is 11.0. The minimum Gasteiger partial charge on any atom is -0.481 e. The summed E-state index contributed by atoms with van der Waals surface area (Å²) in [5.74, 6) is -0.745. The Hall–Kier alpha value is -0.910. The first kappa shape index (κ1) is 13.5. The van der Waals surface area contributed by atoms with Gasteiger partial charge < -0.3 is 15.3 Å². The molecule has 1 aliphatic rings. The van der Waals surface area contributed by atoms with Gasteiger partial charge in [-0.15, -0.1) is 11.3 Å². The van der Waals surface area contributed by atoms with E-state index in [9.17, 15) is 4.79 Å². The molecule has 1 saturated heterocycles. The molecule has 2 atom stereocenters. The molecule has 100 valence electrons. The van der Waals surface area contributed by atoms with Gasteiger partial charge in [-0.3, -0.25) is 4.79 Å². The van der Waals surface area contributed by atoms with Gasteiger partial charge in [-0.05, 0) is 37.9 Å². The Balaban J connectivity index is 1.98. The normalized spacial score (nSPS) is 22.8. The van der Waals surface area contributed by atoms with Crippen molar-refractivity contribution < 1.29 is 9.90 Å². The summed E-state index contributed by atoms with van der Waals surface area (Å²) in [6.07, 6.45) is 2.46. The molecule has 4 nitrogen and oxygen atoms in total. The molecule has 2 unspecified atom stereocenters. The first-order chi connectivity index (χ1) is 8.65. The fourth-order valence-corrected chi connectivity index (χ4v) is 3.28. The second kappa shape index (κ2) is 6.31. The number of carboxylic acids is 1. The third kappa shape index (κ3) is 3.80. The molecule has 0 radical (unpaired) electrons. The lowest BCUT2D eigenvalue weighted by Crippen LogP contribution is -2.45. The van der Waals surface area contributed by atoms with Gasteiger partial charge in [0.15, 0.2) is 0 Å². The summed E-state index contributed by atoms with van der Waals surface area (Å²) in [4.78, 5) is 14.4. The zero-order valence-electron chi connectivity index (χ0n) is 10.6. The number of piperidine rings is 1. The van der Waals surface area contributed by atoms with Crippen LogP contribution in [0, 0.1) is 0 Å². The highest BCUT2D eigenvalue weighted by Crippen LogP contribution is 2.24. The predicted octanol–water partition coefficient (Wildman–Crippen LogP) is 1.95. The number of thiophene rings is 1. The van der Waals surface area contributed by atoms with E-state index in [1.54, 1.807) is 11.3 Å². The van der Waals surface area contributed by atoms with E-state index < -0.39 is 5.97 Å². The Kier molecular flexibility index (Phi) is 4.74. The van der Waals surface area contributed by atoms with Crippen LogP contribution in [-0.2, 0) is 4.79 Å². The molecular weight excluding hydrogens is 248 g/mol. The summed E-state index contributed by atoms with van der Waals surface area (Å²) in [5, 5.41) is 14.5.